The fraction of sp³-hybridized carbons (Fsp3) is 0.857. The summed E-state index contributed by atoms with van der Waals surface area (Å²) in [5.41, 5.74) is -1.39. The Morgan fingerprint density at radius 1 is 1.16 bits per heavy atom. The Hall–Kier alpha value is -1.26. The molecule has 0 aromatic heterocycles. The fourth-order valence-corrected chi connectivity index (χ4v) is 2.43. The van der Waals surface area contributed by atoms with Crippen LogP contribution < -0.4 is 5.32 Å². The van der Waals surface area contributed by atoms with Crippen molar-refractivity contribution in [2.75, 3.05) is 6.54 Å². The van der Waals surface area contributed by atoms with Crippen molar-refractivity contribution in [2.45, 2.75) is 64.9 Å². The van der Waals surface area contributed by atoms with E-state index in [1.54, 1.807) is 20.8 Å². The minimum Gasteiger partial charge on any atom is -0.481 e. The average Bonchev–Trinajstić information content (AvgIpc) is 2.50. The number of hydrogen-bond acceptors (Lipinski definition) is 3. The Kier molecular flexibility index (Phi) is 5.20. The number of aliphatic carboxylic acids is 1. The minimum absolute atomic E-state index is 0.150. The number of hydrogen-bond donors (Lipinski definition) is 2. The molecule has 1 rings (SSSR count). The molecule has 19 heavy (non-hydrogen) atoms. The normalized spacial score (nSPS) is 19.3. The molecule has 1 saturated carbocycles. The molecule has 1 aliphatic rings. The minimum atomic E-state index is -0.826. The van der Waals surface area contributed by atoms with Gasteiger partial charge in [-0.1, -0.05) is 25.7 Å². The Morgan fingerprint density at radius 3 is 2.11 bits per heavy atom. The van der Waals surface area contributed by atoms with Crippen molar-refractivity contribution in [1.29, 1.82) is 0 Å². The van der Waals surface area contributed by atoms with Crippen LogP contribution >= 0.6 is 0 Å². The number of rotatable bonds is 3. The molecule has 0 heterocycles. The van der Waals surface area contributed by atoms with Crippen molar-refractivity contribution in [3.8, 4) is 0 Å². The molecule has 1 fully saturated rings. The van der Waals surface area contributed by atoms with Crippen LogP contribution in [0.1, 0.15) is 59.3 Å². The van der Waals surface area contributed by atoms with Crippen LogP contribution in [-0.4, -0.2) is 29.3 Å². The maximum Gasteiger partial charge on any atom is 0.407 e. The van der Waals surface area contributed by atoms with Crippen LogP contribution in [0.3, 0.4) is 0 Å². The number of carbonyl (C=O) groups is 2. The first-order chi connectivity index (χ1) is 8.75. The van der Waals surface area contributed by atoms with Crippen molar-refractivity contribution < 1.29 is 19.4 Å². The second-order valence-corrected chi connectivity index (χ2v) is 6.36. The van der Waals surface area contributed by atoms with Crippen LogP contribution in [0, 0.1) is 5.41 Å². The maximum atomic E-state index is 11.6. The summed E-state index contributed by atoms with van der Waals surface area (Å²) in [5.74, 6) is -0.814. The lowest BCUT2D eigenvalue weighted by Crippen LogP contribution is -2.44. The van der Waals surface area contributed by atoms with Crippen LogP contribution in [0.5, 0.6) is 0 Å². The summed E-state index contributed by atoms with van der Waals surface area (Å²) in [6, 6.07) is 0. The molecule has 0 aromatic carbocycles. The van der Waals surface area contributed by atoms with Crippen molar-refractivity contribution in [3.63, 3.8) is 0 Å². The largest absolute Gasteiger partial charge is 0.481 e. The van der Waals surface area contributed by atoms with Gasteiger partial charge in [-0.25, -0.2) is 4.79 Å². The Bertz CT molecular complexity index is 325. The number of amides is 1. The van der Waals surface area contributed by atoms with Crippen molar-refractivity contribution in [3.05, 3.63) is 0 Å². The van der Waals surface area contributed by atoms with Gasteiger partial charge in [-0.05, 0) is 33.6 Å². The predicted octanol–water partition coefficient (Wildman–Crippen LogP) is 2.94. The molecule has 5 heteroatoms. The van der Waals surface area contributed by atoms with E-state index in [4.69, 9.17) is 4.74 Å². The summed E-state index contributed by atoms with van der Waals surface area (Å²) >= 11 is 0. The molecule has 0 unspecified atom stereocenters. The first-order valence-electron chi connectivity index (χ1n) is 6.95. The van der Waals surface area contributed by atoms with Gasteiger partial charge >= 0.3 is 12.1 Å². The molecule has 0 aromatic rings. The molecule has 0 spiro atoms. The van der Waals surface area contributed by atoms with E-state index >= 15 is 0 Å². The first kappa shape index (κ1) is 15.8. The second kappa shape index (κ2) is 6.26. The fourth-order valence-electron chi connectivity index (χ4n) is 2.43. The van der Waals surface area contributed by atoms with Gasteiger partial charge < -0.3 is 15.2 Å². The van der Waals surface area contributed by atoms with Crippen LogP contribution in [0.2, 0.25) is 0 Å². The van der Waals surface area contributed by atoms with Gasteiger partial charge in [-0.3, -0.25) is 4.79 Å². The van der Waals surface area contributed by atoms with Gasteiger partial charge in [0.1, 0.15) is 5.60 Å². The van der Waals surface area contributed by atoms with Crippen molar-refractivity contribution in [1.82, 2.24) is 5.32 Å². The molecule has 2 N–H and O–H groups in total. The highest BCUT2D eigenvalue weighted by atomic mass is 16.6. The quantitative estimate of drug-likeness (QED) is 0.774. The third-order valence-electron chi connectivity index (χ3n) is 3.48. The number of ether oxygens (including phenoxy) is 1. The standard InChI is InChI=1S/C14H25NO4/c1-13(2,3)19-12(18)15-10-14(11(16)17)8-6-4-5-7-9-14/h4-10H2,1-3H3,(H,15,18)(H,16,17). The third kappa shape index (κ3) is 5.09. The SMILES string of the molecule is CC(C)(C)OC(=O)NCC1(C(=O)O)CCCCCC1. The summed E-state index contributed by atoms with van der Waals surface area (Å²) in [6.45, 7) is 5.50. The lowest BCUT2D eigenvalue weighted by Gasteiger charge is -2.29. The highest BCUT2D eigenvalue weighted by Gasteiger charge is 2.39. The Balaban J connectivity index is 2.59. The predicted molar refractivity (Wildman–Crippen MR) is 72.0 cm³/mol. The van der Waals surface area contributed by atoms with E-state index in [0.29, 0.717) is 12.8 Å². The molecule has 5 nitrogen and oxygen atoms in total. The number of nitrogens with one attached hydrogen (secondary N) is 1. The van der Waals surface area contributed by atoms with E-state index in [9.17, 15) is 14.7 Å². The maximum absolute atomic E-state index is 11.6. The lowest BCUT2D eigenvalue weighted by atomic mass is 9.80. The van der Waals surface area contributed by atoms with Crippen LogP contribution in [0.15, 0.2) is 0 Å². The zero-order valence-corrected chi connectivity index (χ0v) is 12.1. The first-order valence-corrected chi connectivity index (χ1v) is 6.95. The molecule has 1 amide bonds. The van der Waals surface area contributed by atoms with E-state index in [0.717, 1.165) is 25.7 Å². The number of alkyl carbamates (subject to hydrolysis) is 1. The topological polar surface area (TPSA) is 75.6 Å². The van der Waals surface area contributed by atoms with Crippen LogP contribution in [0.25, 0.3) is 0 Å². The molecule has 0 aliphatic heterocycles. The van der Waals surface area contributed by atoms with E-state index in [2.05, 4.69) is 5.32 Å². The van der Waals surface area contributed by atoms with Gasteiger partial charge in [0.05, 0.1) is 5.41 Å². The highest BCUT2D eigenvalue weighted by Crippen LogP contribution is 2.34. The molecule has 1 aliphatic carbocycles. The molecular weight excluding hydrogens is 246 g/mol. The van der Waals surface area contributed by atoms with Gasteiger partial charge in [-0.2, -0.15) is 0 Å². The van der Waals surface area contributed by atoms with Crippen molar-refractivity contribution in [2.24, 2.45) is 5.41 Å². The zero-order chi connectivity index (χ0) is 14.5. The van der Waals surface area contributed by atoms with Gasteiger partial charge in [0.25, 0.3) is 0 Å². The Morgan fingerprint density at radius 2 is 1.68 bits per heavy atom. The van der Waals surface area contributed by atoms with Crippen LogP contribution in [0.4, 0.5) is 4.79 Å². The number of carboxylic acid groups (broad SMARTS) is 1. The molecular formula is C14H25NO4. The molecule has 0 saturated heterocycles. The molecule has 110 valence electrons. The molecule has 0 atom stereocenters. The molecule has 0 bridgehead atoms. The monoisotopic (exact) mass is 271 g/mol. The number of carbonyl (C=O) groups excluding carboxylic acids is 1. The smallest absolute Gasteiger partial charge is 0.407 e. The van der Waals surface area contributed by atoms with E-state index in [-0.39, 0.29) is 6.54 Å². The third-order valence-corrected chi connectivity index (χ3v) is 3.48. The molecule has 0 radical (unpaired) electrons. The summed E-state index contributed by atoms with van der Waals surface area (Å²) in [6.07, 6.45) is 4.65. The Labute approximate surface area is 114 Å². The summed E-state index contributed by atoms with van der Waals surface area (Å²) in [5, 5.41) is 12.1. The van der Waals surface area contributed by atoms with E-state index in [1.807, 2.05) is 0 Å². The summed E-state index contributed by atoms with van der Waals surface area (Å²) in [4.78, 5) is 23.2. The van der Waals surface area contributed by atoms with Crippen molar-refractivity contribution >= 4 is 12.1 Å². The van der Waals surface area contributed by atoms with Gasteiger partial charge in [0, 0.05) is 6.54 Å². The summed E-state index contributed by atoms with van der Waals surface area (Å²) in [7, 11) is 0. The lowest BCUT2D eigenvalue weighted by molar-refractivity contribution is -0.149. The second-order valence-electron chi connectivity index (χ2n) is 6.36. The van der Waals surface area contributed by atoms with E-state index in [1.165, 1.54) is 0 Å². The average molecular weight is 271 g/mol. The van der Waals surface area contributed by atoms with Gasteiger partial charge in [0.2, 0.25) is 0 Å². The number of carboxylic acids is 1. The summed E-state index contributed by atoms with van der Waals surface area (Å²) < 4.78 is 5.14. The van der Waals surface area contributed by atoms with Crippen LogP contribution in [-0.2, 0) is 9.53 Å². The van der Waals surface area contributed by atoms with Gasteiger partial charge in [-0.15, -0.1) is 0 Å². The van der Waals surface area contributed by atoms with Gasteiger partial charge in [0.15, 0.2) is 0 Å². The zero-order valence-electron chi connectivity index (χ0n) is 12.1. The van der Waals surface area contributed by atoms with E-state index < -0.39 is 23.1 Å². The highest BCUT2D eigenvalue weighted by molar-refractivity contribution is 5.76.